The van der Waals surface area contributed by atoms with E-state index in [1.807, 2.05) is 35.8 Å². The van der Waals surface area contributed by atoms with Crippen molar-refractivity contribution in [3.63, 3.8) is 0 Å². The van der Waals surface area contributed by atoms with Crippen LogP contribution < -0.4 is 0 Å². The van der Waals surface area contributed by atoms with Crippen LogP contribution in [0.15, 0.2) is 142 Å². The van der Waals surface area contributed by atoms with E-state index in [1.54, 1.807) is 0 Å². The molecule has 0 aliphatic carbocycles. The number of rotatable bonds is 2. The molecule has 0 saturated carbocycles. The maximum absolute atomic E-state index is 6.30. The molecule has 0 saturated heterocycles. The van der Waals surface area contributed by atoms with Crippen LogP contribution in [0.25, 0.3) is 96.9 Å². The third-order valence-electron chi connectivity index (χ3n) is 8.95. The van der Waals surface area contributed by atoms with E-state index in [1.165, 1.54) is 58.4 Å². The molecule has 7 aromatic carbocycles. The van der Waals surface area contributed by atoms with Crippen LogP contribution in [0.5, 0.6) is 0 Å². The Balaban J connectivity index is 1.33. The quantitative estimate of drug-likeness (QED) is 0.195. The molecule has 0 atom stereocenters. The van der Waals surface area contributed by atoms with Gasteiger partial charge in [0.05, 0.1) is 6.26 Å². The molecule has 10 aromatic rings. The summed E-state index contributed by atoms with van der Waals surface area (Å²) in [7, 11) is 0. The first-order chi connectivity index (χ1) is 21.3. The van der Waals surface area contributed by atoms with E-state index in [-0.39, 0.29) is 0 Å². The first kappa shape index (κ1) is 23.2. The molecule has 3 heteroatoms. The van der Waals surface area contributed by atoms with Gasteiger partial charge in [-0.1, -0.05) is 103 Å². The van der Waals surface area contributed by atoms with Crippen LogP contribution in [0.1, 0.15) is 0 Å². The lowest BCUT2D eigenvalue weighted by atomic mass is 9.85. The van der Waals surface area contributed by atoms with Gasteiger partial charge in [0.25, 0.3) is 0 Å². The summed E-state index contributed by atoms with van der Waals surface area (Å²) in [5.41, 5.74) is 7.45. The highest BCUT2D eigenvalue weighted by Gasteiger charge is 2.22. The van der Waals surface area contributed by atoms with Crippen LogP contribution >= 0.6 is 11.3 Å². The second-order valence-electron chi connectivity index (χ2n) is 11.2. The van der Waals surface area contributed by atoms with E-state index in [0.29, 0.717) is 0 Å². The predicted octanol–water partition coefficient (Wildman–Crippen LogP) is 12.3. The Labute approximate surface area is 250 Å². The molecule has 2 nitrogen and oxygen atoms in total. The summed E-state index contributed by atoms with van der Waals surface area (Å²) in [6.45, 7) is 0. The number of furan rings is 2. The molecule has 0 unspecified atom stereocenters. The number of fused-ring (bicyclic) bond motifs is 9. The average molecular weight is 567 g/mol. The Morgan fingerprint density at radius 2 is 0.977 bits per heavy atom. The number of benzene rings is 7. The van der Waals surface area contributed by atoms with Crippen LogP contribution in [0.4, 0.5) is 0 Å². The molecular weight excluding hydrogens is 545 g/mol. The molecule has 0 N–H and O–H groups in total. The van der Waals surface area contributed by atoms with Crippen molar-refractivity contribution in [1.29, 1.82) is 0 Å². The van der Waals surface area contributed by atoms with Gasteiger partial charge in [0, 0.05) is 53.0 Å². The summed E-state index contributed by atoms with van der Waals surface area (Å²) in [6.07, 6.45) is 1.92. The van der Waals surface area contributed by atoms with Crippen molar-refractivity contribution in [2.45, 2.75) is 0 Å². The van der Waals surface area contributed by atoms with E-state index < -0.39 is 0 Å². The van der Waals surface area contributed by atoms with Gasteiger partial charge in [-0.3, -0.25) is 0 Å². The molecule has 10 rings (SSSR count). The SMILES string of the molecule is c1ccc2c(c1)oc1cc3c(-c4c5ccccc5c(-c5cccc6c5sc5ccccc56)c5ccccc45)coc3cc12. The van der Waals surface area contributed by atoms with Crippen LogP contribution in [0, 0.1) is 0 Å². The van der Waals surface area contributed by atoms with Crippen molar-refractivity contribution >= 4 is 86.0 Å². The van der Waals surface area contributed by atoms with E-state index in [0.717, 1.165) is 38.5 Å². The molecule has 0 aliphatic rings. The van der Waals surface area contributed by atoms with Gasteiger partial charge in [0.15, 0.2) is 0 Å². The van der Waals surface area contributed by atoms with Gasteiger partial charge in [-0.2, -0.15) is 0 Å². The molecule has 3 heterocycles. The fourth-order valence-electron chi connectivity index (χ4n) is 7.09. The zero-order chi connectivity index (χ0) is 28.1. The zero-order valence-electron chi connectivity index (χ0n) is 22.9. The maximum Gasteiger partial charge on any atom is 0.136 e. The maximum atomic E-state index is 6.30. The fourth-order valence-corrected chi connectivity index (χ4v) is 8.31. The van der Waals surface area contributed by atoms with E-state index in [2.05, 4.69) is 109 Å². The topological polar surface area (TPSA) is 26.3 Å². The van der Waals surface area contributed by atoms with Gasteiger partial charge in [-0.25, -0.2) is 0 Å². The second kappa shape index (κ2) is 8.57. The Kier molecular flexibility index (Phi) is 4.63. The molecule has 0 spiro atoms. The van der Waals surface area contributed by atoms with Crippen molar-refractivity contribution < 1.29 is 8.83 Å². The minimum Gasteiger partial charge on any atom is -0.464 e. The molecule has 0 amide bonds. The average Bonchev–Trinajstić information content (AvgIpc) is 3.75. The summed E-state index contributed by atoms with van der Waals surface area (Å²) >= 11 is 1.88. The lowest BCUT2D eigenvalue weighted by Gasteiger charge is -2.17. The third-order valence-corrected chi connectivity index (χ3v) is 10.2. The first-order valence-electron chi connectivity index (χ1n) is 14.5. The zero-order valence-corrected chi connectivity index (χ0v) is 23.7. The van der Waals surface area contributed by atoms with Gasteiger partial charge >= 0.3 is 0 Å². The van der Waals surface area contributed by atoms with Crippen LogP contribution in [-0.4, -0.2) is 0 Å². The van der Waals surface area contributed by atoms with Gasteiger partial charge in [0.1, 0.15) is 16.7 Å². The normalized spacial score (nSPS) is 12.2. The summed E-state index contributed by atoms with van der Waals surface area (Å²) in [5, 5.41) is 10.8. The summed E-state index contributed by atoms with van der Waals surface area (Å²) in [5.74, 6) is 0. The Bertz CT molecular complexity index is 2680. The standard InChI is InChI=1S/C40H22O2S/c1-3-14-27-25(12-1)38(30-17-9-16-29-24-11-6-8-19-37(24)43-40(29)30)26-13-2-4-15-28(26)39(27)33-22-41-35-20-31-23-10-5-7-18-34(23)42-36(31)21-32(33)35/h1-22H. The number of para-hydroxylation sites is 1. The lowest BCUT2D eigenvalue weighted by molar-refractivity contribution is 0.617. The third kappa shape index (κ3) is 3.17. The molecule has 0 radical (unpaired) electrons. The fraction of sp³-hybridized carbons (Fsp3) is 0. The molecule has 0 aliphatic heterocycles. The molecule has 0 fully saturated rings. The van der Waals surface area contributed by atoms with Crippen LogP contribution in [0.3, 0.4) is 0 Å². The van der Waals surface area contributed by atoms with E-state index >= 15 is 0 Å². The molecule has 200 valence electrons. The Hall–Kier alpha value is -5.38. The van der Waals surface area contributed by atoms with Gasteiger partial charge in [-0.05, 0) is 51.4 Å². The minimum absolute atomic E-state index is 0.862. The van der Waals surface area contributed by atoms with Gasteiger partial charge in [0.2, 0.25) is 0 Å². The lowest BCUT2D eigenvalue weighted by Crippen LogP contribution is -1.90. The van der Waals surface area contributed by atoms with Crippen molar-refractivity contribution in [2.75, 3.05) is 0 Å². The largest absolute Gasteiger partial charge is 0.464 e. The van der Waals surface area contributed by atoms with Crippen molar-refractivity contribution in [3.8, 4) is 22.3 Å². The monoisotopic (exact) mass is 566 g/mol. The smallest absolute Gasteiger partial charge is 0.136 e. The second-order valence-corrected chi connectivity index (χ2v) is 12.3. The predicted molar refractivity (Wildman–Crippen MR) is 182 cm³/mol. The Morgan fingerprint density at radius 3 is 1.72 bits per heavy atom. The van der Waals surface area contributed by atoms with Crippen molar-refractivity contribution in [3.05, 3.63) is 134 Å². The van der Waals surface area contributed by atoms with Crippen LogP contribution in [0.2, 0.25) is 0 Å². The molecule has 3 aromatic heterocycles. The number of thiophene rings is 1. The van der Waals surface area contributed by atoms with Crippen molar-refractivity contribution in [2.24, 2.45) is 0 Å². The molecule has 43 heavy (non-hydrogen) atoms. The van der Waals surface area contributed by atoms with Crippen molar-refractivity contribution in [1.82, 2.24) is 0 Å². The van der Waals surface area contributed by atoms with Gasteiger partial charge in [-0.15, -0.1) is 11.3 Å². The molecule has 0 bridgehead atoms. The van der Waals surface area contributed by atoms with E-state index in [4.69, 9.17) is 8.83 Å². The molecular formula is C40H22O2S. The highest BCUT2D eigenvalue weighted by Crippen LogP contribution is 2.49. The Morgan fingerprint density at radius 1 is 0.395 bits per heavy atom. The first-order valence-corrected chi connectivity index (χ1v) is 15.3. The summed E-state index contributed by atoms with van der Waals surface area (Å²) in [4.78, 5) is 0. The van der Waals surface area contributed by atoms with Crippen LogP contribution in [-0.2, 0) is 0 Å². The summed E-state index contributed by atoms with van der Waals surface area (Å²) in [6, 6.07) is 45.6. The highest BCUT2D eigenvalue weighted by molar-refractivity contribution is 7.26. The number of hydrogen-bond acceptors (Lipinski definition) is 3. The summed E-state index contributed by atoms with van der Waals surface area (Å²) < 4.78 is 15.2. The number of hydrogen-bond donors (Lipinski definition) is 0. The van der Waals surface area contributed by atoms with E-state index in [9.17, 15) is 0 Å². The highest BCUT2D eigenvalue weighted by atomic mass is 32.1. The van der Waals surface area contributed by atoms with Gasteiger partial charge < -0.3 is 8.83 Å². The minimum atomic E-state index is 0.862.